The van der Waals surface area contributed by atoms with Gasteiger partial charge in [0.25, 0.3) is 12.1 Å². The van der Waals surface area contributed by atoms with Crippen LogP contribution in [0.4, 0.5) is 14.5 Å². The number of aromatic hydroxyl groups is 1. The molecule has 5 nitrogen and oxygen atoms in total. The Kier molecular flexibility index (Phi) is 5.06. The molecule has 8 heteroatoms. The van der Waals surface area contributed by atoms with E-state index >= 15 is 0 Å². The number of hydrogen-bond donors (Lipinski definition) is 2. The minimum absolute atomic E-state index is 0. The van der Waals surface area contributed by atoms with E-state index in [0.717, 1.165) is 18.2 Å². The number of benzene rings is 1. The summed E-state index contributed by atoms with van der Waals surface area (Å²) in [5, 5.41) is 19.5. The van der Waals surface area contributed by atoms with Crippen LogP contribution in [0.5, 0.6) is 5.75 Å². The molecule has 0 bridgehead atoms. The second-order valence-electron chi connectivity index (χ2n) is 2.86. The van der Waals surface area contributed by atoms with E-state index in [1.165, 1.54) is 0 Å². The zero-order valence-corrected chi connectivity index (χ0v) is 8.66. The van der Waals surface area contributed by atoms with E-state index in [4.69, 9.17) is 10.8 Å². The van der Waals surface area contributed by atoms with Gasteiger partial charge in [-0.15, -0.1) is 12.4 Å². The molecule has 0 aliphatic carbocycles. The summed E-state index contributed by atoms with van der Waals surface area (Å²) in [7, 11) is 0. The molecule has 0 saturated carbocycles. The van der Waals surface area contributed by atoms with E-state index in [9.17, 15) is 18.9 Å². The fourth-order valence-corrected chi connectivity index (χ4v) is 1.11. The number of alkyl halides is 2. The van der Waals surface area contributed by atoms with Gasteiger partial charge in [-0.25, -0.2) is 8.78 Å². The summed E-state index contributed by atoms with van der Waals surface area (Å²) >= 11 is 0. The van der Waals surface area contributed by atoms with Crippen LogP contribution in [0.15, 0.2) is 18.2 Å². The summed E-state index contributed by atoms with van der Waals surface area (Å²) in [5.41, 5.74) is 4.17. The molecular weight excluding hydrogens is 246 g/mol. The van der Waals surface area contributed by atoms with Crippen molar-refractivity contribution >= 4 is 18.1 Å². The Labute approximate surface area is 95.4 Å². The third-order valence-electron chi connectivity index (χ3n) is 1.84. The van der Waals surface area contributed by atoms with E-state index in [1.54, 1.807) is 0 Å². The van der Waals surface area contributed by atoms with Crippen molar-refractivity contribution in [1.82, 2.24) is 0 Å². The highest BCUT2D eigenvalue weighted by Crippen LogP contribution is 2.30. The molecule has 0 spiro atoms. The summed E-state index contributed by atoms with van der Waals surface area (Å²) in [5.74, 6) is -0.341. The van der Waals surface area contributed by atoms with Crippen LogP contribution in [0.25, 0.3) is 0 Å². The summed E-state index contributed by atoms with van der Waals surface area (Å²) in [4.78, 5) is 9.66. The Morgan fingerprint density at radius 1 is 1.44 bits per heavy atom. The molecule has 1 rings (SSSR count). The van der Waals surface area contributed by atoms with E-state index in [-0.39, 0.29) is 23.7 Å². The second kappa shape index (κ2) is 5.57. The number of phenols is 1. The SMILES string of the molecule is Cl.N[C@@H](c1cc(O)ccc1[N+](=O)[O-])C(F)F. The number of halogens is 3. The van der Waals surface area contributed by atoms with Crippen molar-refractivity contribution in [1.29, 1.82) is 0 Å². The summed E-state index contributed by atoms with van der Waals surface area (Å²) < 4.78 is 24.5. The van der Waals surface area contributed by atoms with E-state index in [0.29, 0.717) is 0 Å². The lowest BCUT2D eigenvalue weighted by Crippen LogP contribution is -2.20. The number of rotatable bonds is 3. The molecule has 0 radical (unpaired) electrons. The topological polar surface area (TPSA) is 89.4 Å². The van der Waals surface area contributed by atoms with Crippen molar-refractivity contribution < 1.29 is 18.8 Å². The average molecular weight is 255 g/mol. The van der Waals surface area contributed by atoms with Crippen molar-refractivity contribution in [2.24, 2.45) is 5.73 Å². The monoisotopic (exact) mass is 254 g/mol. The van der Waals surface area contributed by atoms with Crippen molar-refractivity contribution in [3.8, 4) is 5.75 Å². The molecule has 1 aromatic rings. The first-order chi connectivity index (χ1) is 6.93. The van der Waals surface area contributed by atoms with Gasteiger partial charge < -0.3 is 10.8 Å². The Bertz CT molecular complexity index is 390. The van der Waals surface area contributed by atoms with E-state index in [2.05, 4.69) is 0 Å². The third kappa shape index (κ3) is 3.01. The number of phenolic OH excluding ortho intramolecular Hbond substituents is 1. The van der Waals surface area contributed by atoms with Crippen LogP contribution >= 0.6 is 12.4 Å². The average Bonchev–Trinajstić information content (AvgIpc) is 2.15. The molecule has 0 aliphatic rings. The van der Waals surface area contributed by atoms with Gasteiger partial charge >= 0.3 is 0 Å². The first-order valence-corrected chi connectivity index (χ1v) is 3.94. The predicted molar refractivity (Wildman–Crippen MR) is 54.9 cm³/mol. The quantitative estimate of drug-likeness (QED) is 0.638. The van der Waals surface area contributed by atoms with Crippen LogP contribution in [-0.4, -0.2) is 16.5 Å². The van der Waals surface area contributed by atoms with Gasteiger partial charge in [0, 0.05) is 6.07 Å². The highest BCUT2D eigenvalue weighted by molar-refractivity contribution is 5.85. The largest absolute Gasteiger partial charge is 0.508 e. The predicted octanol–water partition coefficient (Wildman–Crippen LogP) is 1.99. The van der Waals surface area contributed by atoms with Gasteiger partial charge in [0.2, 0.25) is 0 Å². The summed E-state index contributed by atoms with van der Waals surface area (Å²) in [6, 6.07) is 1.07. The molecule has 3 N–H and O–H groups in total. The highest BCUT2D eigenvalue weighted by Gasteiger charge is 2.26. The molecule has 0 unspecified atom stereocenters. The number of nitro benzene ring substituents is 1. The maximum Gasteiger partial charge on any atom is 0.274 e. The molecule has 0 saturated heterocycles. The van der Waals surface area contributed by atoms with Gasteiger partial charge in [0.15, 0.2) is 0 Å². The standard InChI is InChI=1S/C8H8F2N2O3.ClH/c9-8(10)7(11)5-3-4(13)1-2-6(5)12(14)15;/h1-3,7-8,13H,11H2;1H/t7-;/m0./s1. The van der Waals surface area contributed by atoms with Crippen LogP contribution in [-0.2, 0) is 0 Å². The summed E-state index contributed by atoms with van der Waals surface area (Å²) in [6.45, 7) is 0. The normalized spacial score (nSPS) is 12.0. The number of hydrogen-bond acceptors (Lipinski definition) is 4. The van der Waals surface area contributed by atoms with Crippen molar-refractivity contribution in [3.05, 3.63) is 33.9 Å². The Morgan fingerprint density at radius 3 is 2.44 bits per heavy atom. The van der Waals surface area contributed by atoms with Gasteiger partial charge in [-0.05, 0) is 12.1 Å². The van der Waals surface area contributed by atoms with Gasteiger partial charge in [0.05, 0.1) is 16.5 Å². The molecule has 1 aromatic carbocycles. The minimum Gasteiger partial charge on any atom is -0.508 e. The van der Waals surface area contributed by atoms with Gasteiger partial charge in [-0.3, -0.25) is 10.1 Å². The summed E-state index contributed by atoms with van der Waals surface area (Å²) in [6.07, 6.45) is -2.93. The van der Waals surface area contributed by atoms with Crippen LogP contribution < -0.4 is 5.73 Å². The molecule has 1 atom stereocenters. The van der Waals surface area contributed by atoms with Crippen LogP contribution in [0.2, 0.25) is 0 Å². The van der Waals surface area contributed by atoms with Crippen molar-refractivity contribution in [3.63, 3.8) is 0 Å². The molecule has 0 fully saturated rings. The second-order valence-corrected chi connectivity index (χ2v) is 2.86. The van der Waals surface area contributed by atoms with Crippen LogP contribution in [0, 0.1) is 10.1 Å². The fourth-order valence-electron chi connectivity index (χ4n) is 1.11. The van der Waals surface area contributed by atoms with Crippen molar-refractivity contribution in [2.75, 3.05) is 0 Å². The lowest BCUT2D eigenvalue weighted by Gasteiger charge is -2.11. The highest BCUT2D eigenvalue weighted by atomic mass is 35.5. The van der Waals surface area contributed by atoms with Crippen molar-refractivity contribution in [2.45, 2.75) is 12.5 Å². The first-order valence-electron chi connectivity index (χ1n) is 3.94. The zero-order chi connectivity index (χ0) is 11.6. The first kappa shape index (κ1) is 14.5. The Balaban J connectivity index is 0.00000225. The van der Waals surface area contributed by atoms with Gasteiger partial charge in [-0.2, -0.15) is 0 Å². The fraction of sp³-hybridized carbons (Fsp3) is 0.250. The molecule has 0 heterocycles. The third-order valence-corrected chi connectivity index (χ3v) is 1.84. The molecule has 0 amide bonds. The Hall–Kier alpha value is -1.47. The maximum absolute atomic E-state index is 12.3. The number of nitrogens with zero attached hydrogens (tertiary/aromatic N) is 1. The maximum atomic E-state index is 12.3. The number of nitro groups is 1. The zero-order valence-electron chi connectivity index (χ0n) is 7.84. The molecule has 90 valence electrons. The molecule has 16 heavy (non-hydrogen) atoms. The smallest absolute Gasteiger partial charge is 0.274 e. The van der Waals surface area contributed by atoms with Crippen LogP contribution in [0.1, 0.15) is 11.6 Å². The lowest BCUT2D eigenvalue weighted by atomic mass is 10.1. The molecule has 0 aromatic heterocycles. The minimum atomic E-state index is -2.93. The van der Waals surface area contributed by atoms with E-state index < -0.39 is 23.1 Å². The van der Waals surface area contributed by atoms with Gasteiger partial charge in [-0.1, -0.05) is 0 Å². The molecule has 0 aliphatic heterocycles. The van der Waals surface area contributed by atoms with E-state index in [1.807, 2.05) is 0 Å². The molecular formula is C8H9ClF2N2O3. The van der Waals surface area contributed by atoms with Crippen LogP contribution in [0.3, 0.4) is 0 Å². The number of nitrogens with two attached hydrogens (primary N) is 1. The Morgan fingerprint density at radius 2 is 2.00 bits per heavy atom. The van der Waals surface area contributed by atoms with Gasteiger partial charge in [0.1, 0.15) is 5.75 Å². The lowest BCUT2D eigenvalue weighted by molar-refractivity contribution is -0.385.